The second kappa shape index (κ2) is 15.9. The molecule has 2 bridgehead atoms. The van der Waals surface area contributed by atoms with Gasteiger partial charge in [0.1, 0.15) is 0 Å². The summed E-state index contributed by atoms with van der Waals surface area (Å²) >= 11 is 0. The van der Waals surface area contributed by atoms with Gasteiger partial charge in [-0.2, -0.15) is 0 Å². The van der Waals surface area contributed by atoms with Crippen LogP contribution >= 0.6 is 0 Å². The van der Waals surface area contributed by atoms with E-state index in [0.717, 1.165) is 32.7 Å². The first-order valence-electron chi connectivity index (χ1n) is 12.8. The summed E-state index contributed by atoms with van der Waals surface area (Å²) in [6.45, 7) is 9.58. The average molecular weight is 454 g/mol. The number of rotatable bonds is 5. The topological polar surface area (TPSA) is 48.6 Å². The van der Waals surface area contributed by atoms with Gasteiger partial charge >= 0.3 is 0 Å². The van der Waals surface area contributed by atoms with Crippen molar-refractivity contribution in [3.8, 4) is 0 Å². The lowest BCUT2D eigenvalue weighted by molar-refractivity contribution is 0.209. The predicted octanol–water partition coefficient (Wildman–Crippen LogP) is 4.68. The van der Waals surface area contributed by atoms with Crippen LogP contribution in [0, 0.1) is 6.92 Å². The van der Waals surface area contributed by atoms with Gasteiger partial charge < -0.3 is 15.5 Å². The second-order valence-electron chi connectivity index (χ2n) is 9.48. The zero-order chi connectivity index (χ0) is 23.9. The molecule has 5 nitrogen and oxygen atoms in total. The van der Waals surface area contributed by atoms with E-state index < -0.39 is 0 Å². The van der Waals surface area contributed by atoms with Crippen LogP contribution in [-0.4, -0.2) is 67.0 Å². The van der Waals surface area contributed by atoms with Crippen LogP contribution in [-0.2, 0) is 19.6 Å². The third kappa shape index (κ3) is 11.3. The normalized spacial score (nSPS) is 17.0. The van der Waals surface area contributed by atoms with Crippen molar-refractivity contribution in [1.29, 1.82) is 0 Å². The predicted molar refractivity (Wildman–Crippen MR) is 141 cm³/mol. The SMILES string of the molecule is CN.Cc1ccc(CN(C)CCN2CCCCCCCCN(C)Cc3cccc(n3)C2)cc1. The molecule has 184 valence electrons. The molecule has 0 amide bonds. The van der Waals surface area contributed by atoms with Crippen molar-refractivity contribution >= 4 is 0 Å². The van der Waals surface area contributed by atoms with E-state index >= 15 is 0 Å². The zero-order valence-electron chi connectivity index (χ0n) is 21.6. The molecule has 0 spiro atoms. The number of likely N-dealkylation sites (N-methyl/N-ethyl adjacent to an activating group) is 1. The first kappa shape index (κ1) is 27.5. The number of hydrogen-bond donors (Lipinski definition) is 1. The number of aryl methyl sites for hydroxylation is 1. The Balaban J connectivity index is 0.00000187. The second-order valence-corrected chi connectivity index (χ2v) is 9.48. The number of benzene rings is 1. The summed E-state index contributed by atoms with van der Waals surface area (Å²) in [5, 5.41) is 0. The number of nitrogens with two attached hydrogens (primary N) is 1. The summed E-state index contributed by atoms with van der Waals surface area (Å²) in [5.74, 6) is 0. The third-order valence-electron chi connectivity index (χ3n) is 6.32. The number of hydrogen-bond acceptors (Lipinski definition) is 5. The first-order chi connectivity index (χ1) is 16.1. The fourth-order valence-electron chi connectivity index (χ4n) is 4.38. The largest absolute Gasteiger partial charge is 0.333 e. The van der Waals surface area contributed by atoms with Crippen molar-refractivity contribution in [2.75, 3.05) is 47.3 Å². The van der Waals surface area contributed by atoms with E-state index in [1.54, 1.807) is 0 Å². The summed E-state index contributed by atoms with van der Waals surface area (Å²) in [7, 11) is 5.96. The number of fused-ring (bicyclic) bond motifs is 2. The minimum Gasteiger partial charge on any atom is -0.333 e. The number of aromatic nitrogens is 1. The van der Waals surface area contributed by atoms with Crippen LogP contribution in [0.1, 0.15) is 61.0 Å². The van der Waals surface area contributed by atoms with Gasteiger partial charge in [-0.1, -0.05) is 61.6 Å². The minimum atomic E-state index is 0.952. The van der Waals surface area contributed by atoms with Gasteiger partial charge in [0.2, 0.25) is 0 Å². The molecule has 33 heavy (non-hydrogen) atoms. The van der Waals surface area contributed by atoms with Crippen molar-refractivity contribution < 1.29 is 0 Å². The van der Waals surface area contributed by atoms with Gasteiger partial charge in [-0.3, -0.25) is 9.88 Å². The molecule has 2 heterocycles. The van der Waals surface area contributed by atoms with E-state index in [4.69, 9.17) is 4.98 Å². The highest BCUT2D eigenvalue weighted by Gasteiger charge is 2.11. The van der Waals surface area contributed by atoms with Crippen LogP contribution in [0.5, 0.6) is 0 Å². The van der Waals surface area contributed by atoms with E-state index in [0.29, 0.717) is 0 Å². The highest BCUT2D eigenvalue weighted by molar-refractivity contribution is 5.21. The summed E-state index contributed by atoms with van der Waals surface area (Å²) in [5.41, 5.74) is 9.63. The lowest BCUT2D eigenvalue weighted by atomic mass is 10.1. The van der Waals surface area contributed by atoms with Crippen LogP contribution in [0.2, 0.25) is 0 Å². The highest BCUT2D eigenvalue weighted by Crippen LogP contribution is 2.12. The molecule has 0 unspecified atom stereocenters. The first-order valence-corrected chi connectivity index (χ1v) is 12.8. The quantitative estimate of drug-likeness (QED) is 0.712. The van der Waals surface area contributed by atoms with E-state index in [-0.39, 0.29) is 0 Å². The molecule has 0 atom stereocenters. The van der Waals surface area contributed by atoms with Gasteiger partial charge in [-0.25, -0.2) is 0 Å². The Bertz CT molecular complexity index is 761. The van der Waals surface area contributed by atoms with Crippen LogP contribution < -0.4 is 5.73 Å². The molecule has 2 aromatic rings. The molecule has 3 rings (SSSR count). The Morgan fingerprint density at radius 2 is 1.45 bits per heavy atom. The molecule has 0 saturated carbocycles. The zero-order valence-corrected chi connectivity index (χ0v) is 21.6. The van der Waals surface area contributed by atoms with Crippen LogP contribution in [0.15, 0.2) is 42.5 Å². The van der Waals surface area contributed by atoms with E-state index in [2.05, 4.69) is 83.9 Å². The van der Waals surface area contributed by atoms with Crippen molar-refractivity contribution in [2.24, 2.45) is 5.73 Å². The summed E-state index contributed by atoms with van der Waals surface area (Å²) in [6, 6.07) is 15.5. The molecule has 0 saturated heterocycles. The van der Waals surface area contributed by atoms with Gasteiger partial charge in [0, 0.05) is 32.7 Å². The molecule has 0 radical (unpaired) electrons. The monoisotopic (exact) mass is 453 g/mol. The van der Waals surface area contributed by atoms with E-state index in [9.17, 15) is 0 Å². The molecular formula is C28H47N5. The van der Waals surface area contributed by atoms with Gasteiger partial charge in [0.15, 0.2) is 0 Å². The maximum atomic E-state index is 4.99. The van der Waals surface area contributed by atoms with Crippen LogP contribution in [0.25, 0.3) is 0 Å². The smallest absolute Gasteiger partial charge is 0.0547 e. The van der Waals surface area contributed by atoms with Gasteiger partial charge in [0.25, 0.3) is 0 Å². The fourth-order valence-corrected chi connectivity index (χ4v) is 4.38. The molecule has 5 heteroatoms. The maximum Gasteiger partial charge on any atom is 0.0547 e. The lowest BCUT2D eigenvalue weighted by Gasteiger charge is -2.26. The number of nitrogens with zero attached hydrogens (tertiary/aromatic N) is 4. The maximum absolute atomic E-state index is 4.99. The van der Waals surface area contributed by atoms with Gasteiger partial charge in [0.05, 0.1) is 11.4 Å². The standard InChI is InChI=1S/C27H42N4.CH5N/c1-24-13-15-25(16-14-24)21-30(3)19-20-31-18-9-7-5-4-6-8-17-29(2)22-26-11-10-12-27(23-31)28-26;1-2/h10-16H,4-9,17-23H2,1-3H3;2H2,1H3. The van der Waals surface area contributed by atoms with Gasteiger partial charge in [-0.15, -0.1) is 0 Å². The molecule has 1 aromatic carbocycles. The Morgan fingerprint density at radius 3 is 2.15 bits per heavy atom. The third-order valence-corrected chi connectivity index (χ3v) is 6.32. The minimum absolute atomic E-state index is 0.952. The number of pyridine rings is 1. The average Bonchev–Trinajstić information content (AvgIpc) is 2.82. The lowest BCUT2D eigenvalue weighted by Crippen LogP contribution is -2.33. The fraction of sp³-hybridized carbons (Fsp3) is 0.607. The molecule has 0 fully saturated rings. The van der Waals surface area contributed by atoms with E-state index in [1.807, 2.05) is 0 Å². The van der Waals surface area contributed by atoms with Gasteiger partial charge in [-0.05, 0) is 71.7 Å². The Kier molecular flexibility index (Phi) is 13.3. The van der Waals surface area contributed by atoms with E-state index in [1.165, 1.54) is 81.2 Å². The molecule has 2 N–H and O–H groups in total. The molecule has 1 aliphatic heterocycles. The molecule has 1 aromatic heterocycles. The summed E-state index contributed by atoms with van der Waals surface area (Å²) < 4.78 is 0. The highest BCUT2D eigenvalue weighted by atomic mass is 15.2. The molecular weight excluding hydrogens is 406 g/mol. The van der Waals surface area contributed by atoms with Crippen LogP contribution in [0.4, 0.5) is 0 Å². The van der Waals surface area contributed by atoms with Crippen molar-refractivity contribution in [2.45, 2.75) is 65.1 Å². The Morgan fingerprint density at radius 1 is 0.848 bits per heavy atom. The summed E-state index contributed by atoms with van der Waals surface area (Å²) in [6.07, 6.45) is 8.04. The van der Waals surface area contributed by atoms with Crippen LogP contribution in [0.3, 0.4) is 0 Å². The van der Waals surface area contributed by atoms with Crippen molar-refractivity contribution in [3.63, 3.8) is 0 Å². The molecule has 0 aliphatic carbocycles. The Labute approximate surface area is 203 Å². The van der Waals surface area contributed by atoms with Crippen molar-refractivity contribution in [1.82, 2.24) is 19.7 Å². The summed E-state index contributed by atoms with van der Waals surface area (Å²) in [4.78, 5) is 12.5. The Hall–Kier alpha value is -1.79. The van der Waals surface area contributed by atoms with Crippen molar-refractivity contribution in [3.05, 3.63) is 65.0 Å². The molecule has 1 aliphatic rings.